The third-order valence-electron chi connectivity index (χ3n) is 4.71. The molecule has 0 aromatic carbocycles. The van der Waals surface area contributed by atoms with Crippen LogP contribution < -0.4 is 5.32 Å². The maximum absolute atomic E-state index is 12.5. The molecule has 2 aliphatic rings. The van der Waals surface area contributed by atoms with Gasteiger partial charge in [-0.25, -0.2) is 0 Å². The van der Waals surface area contributed by atoms with Crippen LogP contribution in [-0.2, 0) is 16.1 Å². The van der Waals surface area contributed by atoms with Gasteiger partial charge < -0.3 is 10.4 Å². The number of aryl methyl sites for hydroxylation is 1. The number of nitrogens with zero attached hydrogens (tertiary/aromatic N) is 2. The molecule has 1 fully saturated rings. The molecule has 1 aromatic heterocycles. The number of rotatable bonds is 4. The van der Waals surface area contributed by atoms with Gasteiger partial charge in [-0.3, -0.25) is 14.3 Å². The first-order valence-electron chi connectivity index (χ1n) is 7.27. The summed E-state index contributed by atoms with van der Waals surface area (Å²) in [4.78, 5) is 24.0. The molecule has 6 nitrogen and oxygen atoms in total. The molecule has 1 amide bonds. The van der Waals surface area contributed by atoms with E-state index < -0.39 is 17.8 Å². The van der Waals surface area contributed by atoms with Crippen molar-refractivity contribution in [3.05, 3.63) is 24.0 Å². The minimum Gasteiger partial charge on any atom is -0.481 e. The predicted octanol–water partition coefficient (Wildman–Crippen LogP) is 1.67. The summed E-state index contributed by atoms with van der Waals surface area (Å²) in [6, 6.07) is 0. The first-order chi connectivity index (χ1) is 10.0. The molecule has 112 valence electrons. The highest BCUT2D eigenvalue weighted by Gasteiger charge is 2.51. The van der Waals surface area contributed by atoms with Crippen LogP contribution in [0.2, 0.25) is 0 Å². The van der Waals surface area contributed by atoms with Gasteiger partial charge in [0.05, 0.1) is 29.4 Å². The van der Waals surface area contributed by atoms with Gasteiger partial charge in [0.15, 0.2) is 0 Å². The average molecular weight is 289 g/mol. The largest absolute Gasteiger partial charge is 0.481 e. The topological polar surface area (TPSA) is 84.2 Å². The summed E-state index contributed by atoms with van der Waals surface area (Å²) in [7, 11) is 0. The summed E-state index contributed by atoms with van der Waals surface area (Å²) in [5.41, 5.74) is 1.55. The first kappa shape index (κ1) is 13.9. The van der Waals surface area contributed by atoms with Gasteiger partial charge in [-0.05, 0) is 32.1 Å². The molecule has 0 radical (unpaired) electrons. The summed E-state index contributed by atoms with van der Waals surface area (Å²) in [5.74, 6) is -2.16. The Hall–Kier alpha value is -2.11. The monoisotopic (exact) mass is 289 g/mol. The van der Waals surface area contributed by atoms with Gasteiger partial charge in [0.2, 0.25) is 5.91 Å². The number of carbonyl (C=O) groups is 2. The van der Waals surface area contributed by atoms with E-state index in [0.717, 1.165) is 18.7 Å². The molecule has 0 unspecified atom stereocenters. The fourth-order valence-corrected chi connectivity index (χ4v) is 3.62. The highest BCUT2D eigenvalue weighted by Crippen LogP contribution is 2.48. The zero-order valence-corrected chi connectivity index (χ0v) is 12.1. The molecule has 1 saturated carbocycles. The number of amides is 1. The number of hydrogen-bond donors (Lipinski definition) is 2. The van der Waals surface area contributed by atoms with Gasteiger partial charge >= 0.3 is 5.97 Å². The van der Waals surface area contributed by atoms with E-state index in [9.17, 15) is 14.7 Å². The maximum Gasteiger partial charge on any atom is 0.307 e. The SMILES string of the molecule is CCn1ncc(NC(=O)[C@@H]2[C@H](C(=O)O)[C@H]3C=C[C@H]2C3)c1C. The maximum atomic E-state index is 12.5. The molecule has 1 heterocycles. The van der Waals surface area contributed by atoms with Crippen molar-refractivity contribution in [2.45, 2.75) is 26.8 Å². The minimum absolute atomic E-state index is 0.0114. The van der Waals surface area contributed by atoms with Crippen LogP contribution in [0.25, 0.3) is 0 Å². The summed E-state index contributed by atoms with van der Waals surface area (Å²) in [6.07, 6.45) is 6.31. The van der Waals surface area contributed by atoms with Crippen molar-refractivity contribution >= 4 is 17.6 Å². The van der Waals surface area contributed by atoms with Crippen LogP contribution in [0.4, 0.5) is 5.69 Å². The molecule has 1 aromatic rings. The van der Waals surface area contributed by atoms with Crippen molar-refractivity contribution in [1.82, 2.24) is 9.78 Å². The molecule has 0 spiro atoms. The van der Waals surface area contributed by atoms with Gasteiger partial charge in [0.25, 0.3) is 0 Å². The molecule has 0 saturated heterocycles. The molecule has 0 aliphatic heterocycles. The number of aromatic nitrogens is 2. The van der Waals surface area contributed by atoms with Crippen molar-refractivity contribution < 1.29 is 14.7 Å². The molecule has 21 heavy (non-hydrogen) atoms. The lowest BCUT2D eigenvalue weighted by Gasteiger charge is -2.23. The number of fused-ring (bicyclic) bond motifs is 2. The lowest BCUT2D eigenvalue weighted by molar-refractivity contribution is -0.146. The van der Waals surface area contributed by atoms with Crippen LogP contribution in [0, 0.1) is 30.6 Å². The van der Waals surface area contributed by atoms with E-state index in [1.54, 1.807) is 10.9 Å². The van der Waals surface area contributed by atoms with Crippen molar-refractivity contribution in [2.75, 3.05) is 5.32 Å². The smallest absolute Gasteiger partial charge is 0.307 e. The van der Waals surface area contributed by atoms with E-state index in [0.29, 0.717) is 5.69 Å². The van der Waals surface area contributed by atoms with Crippen molar-refractivity contribution in [1.29, 1.82) is 0 Å². The second kappa shape index (κ2) is 5.02. The zero-order valence-electron chi connectivity index (χ0n) is 12.1. The molecule has 2 bridgehead atoms. The van der Waals surface area contributed by atoms with Crippen LogP contribution >= 0.6 is 0 Å². The number of carbonyl (C=O) groups excluding carboxylic acids is 1. The summed E-state index contributed by atoms with van der Waals surface area (Å²) >= 11 is 0. The number of anilines is 1. The third-order valence-corrected chi connectivity index (χ3v) is 4.71. The Morgan fingerprint density at radius 1 is 1.38 bits per heavy atom. The van der Waals surface area contributed by atoms with E-state index in [2.05, 4.69) is 10.4 Å². The molecule has 6 heteroatoms. The number of hydrogen-bond acceptors (Lipinski definition) is 3. The van der Waals surface area contributed by atoms with E-state index in [4.69, 9.17) is 0 Å². The van der Waals surface area contributed by atoms with Crippen molar-refractivity contribution in [2.24, 2.45) is 23.7 Å². The van der Waals surface area contributed by atoms with Crippen LogP contribution in [0.15, 0.2) is 18.3 Å². The standard InChI is InChI=1S/C15H19N3O3/c1-3-18-8(2)11(7-16-18)17-14(19)12-9-4-5-10(6-9)13(12)15(20)21/h4-5,7,9-10,12-13H,3,6H2,1-2H3,(H,17,19)(H,20,21)/t9-,10-,12-,13+/m0/s1. The first-order valence-corrected chi connectivity index (χ1v) is 7.27. The van der Waals surface area contributed by atoms with Gasteiger partial charge in [-0.2, -0.15) is 5.10 Å². The fraction of sp³-hybridized carbons (Fsp3) is 0.533. The zero-order chi connectivity index (χ0) is 15.1. The van der Waals surface area contributed by atoms with Crippen LogP contribution in [0.1, 0.15) is 19.0 Å². The summed E-state index contributed by atoms with van der Waals surface area (Å²) < 4.78 is 1.80. The number of allylic oxidation sites excluding steroid dienone is 2. The summed E-state index contributed by atoms with van der Waals surface area (Å²) in [5, 5.41) is 16.4. The highest BCUT2D eigenvalue weighted by atomic mass is 16.4. The molecular formula is C15H19N3O3. The van der Waals surface area contributed by atoms with Crippen molar-refractivity contribution in [3.63, 3.8) is 0 Å². The average Bonchev–Trinajstić information content (AvgIpc) is 3.13. The molecule has 2 N–H and O–H groups in total. The highest BCUT2D eigenvalue weighted by molar-refractivity contribution is 5.96. The molecule has 3 rings (SSSR count). The number of nitrogens with one attached hydrogen (secondary N) is 1. The van der Waals surface area contributed by atoms with Crippen molar-refractivity contribution in [3.8, 4) is 0 Å². The second-order valence-electron chi connectivity index (χ2n) is 5.79. The van der Waals surface area contributed by atoms with E-state index in [1.165, 1.54) is 0 Å². The number of carboxylic acid groups (broad SMARTS) is 1. The Kier molecular flexibility index (Phi) is 3.31. The van der Waals surface area contributed by atoms with E-state index >= 15 is 0 Å². The minimum atomic E-state index is -0.882. The van der Waals surface area contributed by atoms with Crippen LogP contribution in [0.3, 0.4) is 0 Å². The lowest BCUT2D eigenvalue weighted by atomic mass is 9.82. The number of aliphatic carboxylic acids is 1. The summed E-state index contributed by atoms with van der Waals surface area (Å²) in [6.45, 7) is 4.60. The van der Waals surface area contributed by atoms with Gasteiger partial charge in [0.1, 0.15) is 0 Å². The quantitative estimate of drug-likeness (QED) is 0.826. The van der Waals surface area contributed by atoms with E-state index in [1.807, 2.05) is 26.0 Å². The van der Waals surface area contributed by atoms with Crippen LogP contribution in [0.5, 0.6) is 0 Å². The second-order valence-corrected chi connectivity index (χ2v) is 5.79. The van der Waals surface area contributed by atoms with E-state index in [-0.39, 0.29) is 17.7 Å². The predicted molar refractivity (Wildman–Crippen MR) is 76.6 cm³/mol. The van der Waals surface area contributed by atoms with Gasteiger partial charge in [-0.15, -0.1) is 0 Å². The molecule has 4 atom stereocenters. The Balaban J connectivity index is 1.80. The lowest BCUT2D eigenvalue weighted by Crippen LogP contribution is -2.36. The van der Waals surface area contributed by atoms with Gasteiger partial charge in [0, 0.05) is 6.54 Å². The number of carboxylic acids is 1. The Labute approximate surface area is 122 Å². The third kappa shape index (κ3) is 2.14. The Bertz CT molecular complexity index is 620. The van der Waals surface area contributed by atoms with Gasteiger partial charge in [-0.1, -0.05) is 12.2 Å². The molecular weight excluding hydrogens is 270 g/mol. The van der Waals surface area contributed by atoms with Crippen LogP contribution in [-0.4, -0.2) is 26.8 Å². The molecule has 2 aliphatic carbocycles. The Morgan fingerprint density at radius 3 is 2.62 bits per heavy atom. The Morgan fingerprint density at radius 2 is 2.05 bits per heavy atom. The fourth-order valence-electron chi connectivity index (χ4n) is 3.62. The normalized spacial score (nSPS) is 29.8.